The molecule has 1 fully saturated rings. The van der Waals surface area contributed by atoms with Crippen molar-refractivity contribution in [2.75, 3.05) is 11.6 Å². The van der Waals surface area contributed by atoms with E-state index in [1.54, 1.807) is 0 Å². The predicted octanol–water partition coefficient (Wildman–Crippen LogP) is 0.956. The quantitative estimate of drug-likeness (QED) is 0.707. The molecule has 0 aliphatic carbocycles. The molecular formula is C8H7F2N3O. The largest absolute Gasteiger partial charge is 0.337 e. The van der Waals surface area contributed by atoms with Crippen LogP contribution < -0.4 is 15.8 Å². The van der Waals surface area contributed by atoms with E-state index in [4.69, 9.17) is 0 Å². The number of urea groups is 1. The number of hydrogen-bond donors (Lipinski definition) is 2. The van der Waals surface area contributed by atoms with E-state index >= 15 is 0 Å². The van der Waals surface area contributed by atoms with Gasteiger partial charge in [-0.25, -0.2) is 19.0 Å². The Hall–Kier alpha value is -1.69. The summed E-state index contributed by atoms with van der Waals surface area (Å²) in [5, 5.41) is 0. The number of anilines is 1. The molecule has 14 heavy (non-hydrogen) atoms. The Balaban J connectivity index is 2.32. The fraction of sp³-hybridized carbons (Fsp3) is 0.125. The third kappa shape index (κ3) is 1.39. The Labute approximate surface area is 78.5 Å². The maximum Gasteiger partial charge on any atom is 0.337 e. The van der Waals surface area contributed by atoms with Gasteiger partial charge in [0.2, 0.25) is 0 Å². The van der Waals surface area contributed by atoms with Gasteiger partial charge in [0, 0.05) is 6.07 Å². The highest BCUT2D eigenvalue weighted by molar-refractivity contribution is 5.93. The lowest BCUT2D eigenvalue weighted by Gasteiger charge is -2.12. The Morgan fingerprint density at radius 2 is 2.07 bits per heavy atom. The zero-order valence-electron chi connectivity index (χ0n) is 7.05. The van der Waals surface area contributed by atoms with Crippen LogP contribution in [-0.2, 0) is 0 Å². The molecule has 2 amide bonds. The molecule has 0 unspecified atom stereocenters. The van der Waals surface area contributed by atoms with Crippen molar-refractivity contribution in [3.8, 4) is 0 Å². The maximum absolute atomic E-state index is 12.8. The van der Waals surface area contributed by atoms with Gasteiger partial charge in [-0.05, 0) is 12.1 Å². The minimum absolute atomic E-state index is 0.226. The molecule has 0 saturated carbocycles. The van der Waals surface area contributed by atoms with Crippen LogP contribution in [-0.4, -0.2) is 12.7 Å². The minimum Gasteiger partial charge on any atom is -0.278 e. The normalized spacial score (nSPS) is 15.9. The SMILES string of the molecule is O=C1NNCN1c1ccc(F)c(F)c1. The van der Waals surface area contributed by atoms with Gasteiger partial charge in [-0.1, -0.05) is 0 Å². The van der Waals surface area contributed by atoms with Crippen molar-refractivity contribution in [2.45, 2.75) is 0 Å². The lowest BCUT2D eigenvalue weighted by Crippen LogP contribution is -2.28. The number of hydrogen-bond acceptors (Lipinski definition) is 2. The van der Waals surface area contributed by atoms with Crippen LogP contribution in [0.2, 0.25) is 0 Å². The van der Waals surface area contributed by atoms with Crippen LogP contribution >= 0.6 is 0 Å². The van der Waals surface area contributed by atoms with Gasteiger partial charge in [0.05, 0.1) is 12.4 Å². The Bertz CT molecular complexity index is 383. The average molecular weight is 199 g/mol. The number of rotatable bonds is 1. The molecule has 6 heteroatoms. The van der Waals surface area contributed by atoms with Gasteiger partial charge in [-0.3, -0.25) is 10.3 Å². The second-order valence-electron chi connectivity index (χ2n) is 2.79. The fourth-order valence-electron chi connectivity index (χ4n) is 1.19. The van der Waals surface area contributed by atoms with E-state index in [0.717, 1.165) is 12.1 Å². The first-order valence-corrected chi connectivity index (χ1v) is 3.94. The molecule has 1 saturated heterocycles. The zero-order valence-corrected chi connectivity index (χ0v) is 7.05. The molecular weight excluding hydrogens is 192 g/mol. The highest BCUT2D eigenvalue weighted by atomic mass is 19.2. The van der Waals surface area contributed by atoms with Crippen LogP contribution in [0.1, 0.15) is 0 Å². The van der Waals surface area contributed by atoms with E-state index in [2.05, 4.69) is 10.9 Å². The van der Waals surface area contributed by atoms with Gasteiger partial charge in [0.15, 0.2) is 11.6 Å². The van der Waals surface area contributed by atoms with Crippen LogP contribution in [0.4, 0.5) is 19.3 Å². The third-order valence-electron chi connectivity index (χ3n) is 1.89. The molecule has 4 nitrogen and oxygen atoms in total. The van der Waals surface area contributed by atoms with Gasteiger partial charge < -0.3 is 0 Å². The summed E-state index contributed by atoms with van der Waals surface area (Å²) in [4.78, 5) is 12.4. The van der Waals surface area contributed by atoms with Crippen molar-refractivity contribution in [1.29, 1.82) is 0 Å². The molecule has 2 N–H and O–H groups in total. The lowest BCUT2D eigenvalue weighted by molar-refractivity contribution is 0.250. The summed E-state index contributed by atoms with van der Waals surface area (Å²) < 4.78 is 25.4. The molecule has 1 aliphatic rings. The zero-order chi connectivity index (χ0) is 10.1. The smallest absolute Gasteiger partial charge is 0.278 e. The van der Waals surface area contributed by atoms with E-state index in [0.29, 0.717) is 5.69 Å². The van der Waals surface area contributed by atoms with Crippen LogP contribution in [0.25, 0.3) is 0 Å². The Morgan fingerprint density at radius 3 is 2.64 bits per heavy atom. The van der Waals surface area contributed by atoms with Crippen molar-refractivity contribution in [3.05, 3.63) is 29.8 Å². The van der Waals surface area contributed by atoms with Crippen LogP contribution in [0, 0.1) is 11.6 Å². The average Bonchev–Trinajstić information content (AvgIpc) is 2.57. The molecule has 0 spiro atoms. The summed E-state index contributed by atoms with van der Waals surface area (Å²) in [6.45, 7) is 0.226. The minimum atomic E-state index is -0.970. The molecule has 2 rings (SSSR count). The van der Waals surface area contributed by atoms with E-state index in [-0.39, 0.29) is 6.67 Å². The number of nitrogens with zero attached hydrogens (tertiary/aromatic N) is 1. The molecule has 0 bridgehead atoms. The van der Waals surface area contributed by atoms with Crippen molar-refractivity contribution in [1.82, 2.24) is 10.9 Å². The van der Waals surface area contributed by atoms with Crippen LogP contribution in [0.5, 0.6) is 0 Å². The Kier molecular flexibility index (Phi) is 2.05. The molecule has 0 aromatic heterocycles. The standard InChI is InChI=1S/C8H7F2N3O/c9-6-2-1-5(3-7(6)10)13-4-11-12-8(13)14/h1-3,11H,4H2,(H,12,14). The van der Waals surface area contributed by atoms with Gasteiger partial charge >= 0.3 is 6.03 Å². The van der Waals surface area contributed by atoms with Gasteiger partial charge in [-0.15, -0.1) is 0 Å². The predicted molar refractivity (Wildman–Crippen MR) is 45.4 cm³/mol. The van der Waals surface area contributed by atoms with E-state index < -0.39 is 17.7 Å². The van der Waals surface area contributed by atoms with Gasteiger partial charge in [0.1, 0.15) is 0 Å². The van der Waals surface area contributed by atoms with Crippen LogP contribution in [0.15, 0.2) is 18.2 Å². The molecule has 74 valence electrons. The first-order chi connectivity index (χ1) is 6.68. The molecule has 0 atom stereocenters. The van der Waals surface area contributed by atoms with Crippen LogP contribution in [0.3, 0.4) is 0 Å². The Morgan fingerprint density at radius 1 is 1.29 bits per heavy atom. The van der Waals surface area contributed by atoms with Gasteiger partial charge in [-0.2, -0.15) is 0 Å². The van der Waals surface area contributed by atoms with Crippen molar-refractivity contribution in [2.24, 2.45) is 0 Å². The maximum atomic E-state index is 12.8. The summed E-state index contributed by atoms with van der Waals surface area (Å²) in [6, 6.07) is 2.90. The summed E-state index contributed by atoms with van der Waals surface area (Å²) in [5.41, 5.74) is 5.20. The highest BCUT2D eigenvalue weighted by Crippen LogP contribution is 2.18. The van der Waals surface area contributed by atoms with Crippen molar-refractivity contribution in [3.63, 3.8) is 0 Å². The molecule has 1 heterocycles. The summed E-state index contributed by atoms with van der Waals surface area (Å²) >= 11 is 0. The first kappa shape index (κ1) is 8.89. The number of halogens is 2. The first-order valence-electron chi connectivity index (χ1n) is 3.94. The van der Waals surface area contributed by atoms with E-state index in [1.165, 1.54) is 11.0 Å². The monoisotopic (exact) mass is 199 g/mol. The summed E-state index contributed by atoms with van der Waals surface area (Å²) in [5.74, 6) is -1.90. The fourth-order valence-corrected chi connectivity index (χ4v) is 1.19. The highest BCUT2D eigenvalue weighted by Gasteiger charge is 2.21. The number of carbonyl (C=O) groups excluding carboxylic acids is 1. The second-order valence-corrected chi connectivity index (χ2v) is 2.79. The molecule has 1 aliphatic heterocycles. The number of carbonyl (C=O) groups is 1. The second kappa shape index (κ2) is 3.22. The summed E-state index contributed by atoms with van der Waals surface area (Å²) in [7, 11) is 0. The van der Waals surface area contributed by atoms with E-state index in [9.17, 15) is 13.6 Å². The number of hydrazine groups is 1. The molecule has 1 aromatic rings. The van der Waals surface area contributed by atoms with Crippen molar-refractivity contribution < 1.29 is 13.6 Å². The number of nitrogens with one attached hydrogen (secondary N) is 2. The van der Waals surface area contributed by atoms with E-state index in [1.807, 2.05) is 0 Å². The number of benzene rings is 1. The van der Waals surface area contributed by atoms with Crippen molar-refractivity contribution >= 4 is 11.7 Å². The lowest BCUT2D eigenvalue weighted by atomic mass is 10.3. The summed E-state index contributed by atoms with van der Waals surface area (Å²) in [6.07, 6.45) is 0. The molecule has 0 radical (unpaired) electrons. The number of amides is 2. The van der Waals surface area contributed by atoms with Gasteiger partial charge in [0.25, 0.3) is 0 Å². The molecule has 1 aromatic carbocycles. The third-order valence-corrected chi connectivity index (χ3v) is 1.89. The topological polar surface area (TPSA) is 44.4 Å².